The summed E-state index contributed by atoms with van der Waals surface area (Å²) in [5, 5.41) is 21.5. The third-order valence-corrected chi connectivity index (χ3v) is 7.75. The number of carboxylic acid groups (broad SMARTS) is 2. The van der Waals surface area contributed by atoms with Crippen LogP contribution in [0.5, 0.6) is 11.6 Å². The smallest absolute Gasteiger partial charge is 0.328 e. The molecule has 0 radical (unpaired) electrons. The molecular formula is C31H35N5O10S. The van der Waals surface area contributed by atoms with E-state index in [1.165, 1.54) is 6.92 Å². The van der Waals surface area contributed by atoms with Crippen LogP contribution in [0.2, 0.25) is 0 Å². The second-order valence-electron chi connectivity index (χ2n) is 11.4. The first kappa shape index (κ1) is 34.8. The number of carboxylic acids is 2. The Hall–Kier alpha value is -5.09. The molecule has 2 aliphatic rings. The van der Waals surface area contributed by atoms with Gasteiger partial charge < -0.3 is 35.1 Å². The Bertz CT molecular complexity index is 1790. The number of sulfone groups is 1. The van der Waals surface area contributed by atoms with Gasteiger partial charge in [-0.15, -0.1) is 0 Å². The molecule has 5 heterocycles. The number of rotatable bonds is 8. The van der Waals surface area contributed by atoms with Gasteiger partial charge >= 0.3 is 11.9 Å². The summed E-state index contributed by atoms with van der Waals surface area (Å²) >= 11 is 0. The fourth-order valence-corrected chi connectivity index (χ4v) is 5.28. The van der Waals surface area contributed by atoms with E-state index in [0.717, 1.165) is 24.7 Å². The molecule has 0 spiro atoms. The summed E-state index contributed by atoms with van der Waals surface area (Å²) in [6.45, 7) is 6.84. The summed E-state index contributed by atoms with van der Waals surface area (Å²) in [6.07, 6.45) is 5.41. The van der Waals surface area contributed by atoms with Crippen molar-refractivity contribution >= 4 is 45.0 Å². The number of aliphatic carboxylic acids is 2. The lowest BCUT2D eigenvalue weighted by molar-refractivity contribution is -0.134. The fourth-order valence-electron chi connectivity index (χ4n) is 4.67. The lowest BCUT2D eigenvalue weighted by Gasteiger charge is -2.31. The number of ether oxygens (including phenoxy) is 3. The van der Waals surface area contributed by atoms with E-state index < -0.39 is 27.4 Å². The molecule has 4 N–H and O–H groups in total. The van der Waals surface area contributed by atoms with Gasteiger partial charge in [0.05, 0.1) is 11.4 Å². The monoisotopic (exact) mass is 669 g/mol. The number of aromatic nitrogens is 3. The summed E-state index contributed by atoms with van der Waals surface area (Å²) in [5.74, 6) is -1.07. The molecule has 0 aliphatic carbocycles. The quantitative estimate of drug-likeness (QED) is 0.251. The maximum atomic E-state index is 12.5. The molecule has 0 bridgehead atoms. The van der Waals surface area contributed by atoms with Crippen LogP contribution < -0.4 is 20.1 Å². The van der Waals surface area contributed by atoms with E-state index in [4.69, 9.17) is 24.4 Å². The zero-order valence-electron chi connectivity index (χ0n) is 26.1. The lowest BCUT2D eigenvalue weighted by Crippen LogP contribution is -2.39. The van der Waals surface area contributed by atoms with Gasteiger partial charge in [-0.2, -0.15) is 0 Å². The van der Waals surface area contributed by atoms with Crippen molar-refractivity contribution in [3.63, 3.8) is 0 Å². The van der Waals surface area contributed by atoms with Crippen LogP contribution in [-0.2, 0) is 29.0 Å². The van der Waals surface area contributed by atoms with Crippen molar-refractivity contribution in [2.45, 2.75) is 50.2 Å². The Balaban J connectivity index is 0.000000555. The van der Waals surface area contributed by atoms with Gasteiger partial charge in [0.1, 0.15) is 23.8 Å². The number of nitrogens with one attached hydrogen (secondary N) is 2. The Morgan fingerprint density at radius 2 is 1.68 bits per heavy atom. The largest absolute Gasteiger partial charge is 0.479 e. The predicted molar refractivity (Wildman–Crippen MR) is 170 cm³/mol. The molecule has 0 saturated carbocycles. The molecule has 0 atom stereocenters. The summed E-state index contributed by atoms with van der Waals surface area (Å²) in [6, 6.07) is 8.72. The highest BCUT2D eigenvalue weighted by Crippen LogP contribution is 2.38. The molecule has 47 heavy (non-hydrogen) atoms. The third kappa shape index (κ3) is 9.95. The number of carbonyl (C=O) groups excluding carboxylic acids is 1. The normalized spacial score (nSPS) is 15.7. The zero-order chi connectivity index (χ0) is 34.4. The Morgan fingerprint density at radius 3 is 2.30 bits per heavy atom. The SMILES string of the molecule is CC(=O)Nc1cc(Nc2cc(C3CCOCC3)cc(S(C)(=O)=O)n2)c(-c2ccc3c(n2)OCC(C)(C)O3)cn1.O=C(O)/C=C/C(=O)O. The molecule has 250 valence electrons. The van der Waals surface area contributed by atoms with Crippen LogP contribution >= 0.6 is 0 Å². The van der Waals surface area contributed by atoms with Crippen molar-refractivity contribution in [3.8, 4) is 22.9 Å². The maximum Gasteiger partial charge on any atom is 0.328 e. The van der Waals surface area contributed by atoms with Crippen LogP contribution in [-0.4, -0.2) is 83.1 Å². The minimum absolute atomic E-state index is 0.0215. The van der Waals surface area contributed by atoms with Gasteiger partial charge in [0.25, 0.3) is 5.88 Å². The lowest BCUT2D eigenvalue weighted by atomic mass is 9.92. The zero-order valence-corrected chi connectivity index (χ0v) is 27.0. The standard InChI is InChI=1S/C27H31N5O6S.C4H4O4/c1-16(33)29-23-13-21(19(14-28-23)20-5-6-22-26(31-20)37-15-27(2,3)38-22)30-24-11-18(17-7-9-36-10-8-17)12-25(32-24)39(4,34)35;5-3(6)1-2-4(7)8/h5-6,11-14,17H,7-10,15H2,1-4H3,(H2,28,29,30,32,33);1-2H,(H,5,6)(H,7,8)/b;2-1+. The number of hydrogen-bond donors (Lipinski definition) is 4. The molecule has 5 rings (SSSR count). The van der Waals surface area contributed by atoms with Gasteiger partial charge in [-0.25, -0.2) is 33.0 Å². The predicted octanol–water partition coefficient (Wildman–Crippen LogP) is 3.80. The number of hydrogen-bond acceptors (Lipinski definition) is 12. The van der Waals surface area contributed by atoms with Crippen molar-refractivity contribution in [2.75, 3.05) is 36.7 Å². The van der Waals surface area contributed by atoms with Gasteiger partial charge in [0.2, 0.25) is 5.91 Å². The van der Waals surface area contributed by atoms with Gasteiger partial charge in [-0.3, -0.25) is 4.79 Å². The van der Waals surface area contributed by atoms with Crippen molar-refractivity contribution in [2.24, 2.45) is 0 Å². The minimum atomic E-state index is -3.58. The average Bonchev–Trinajstić information content (AvgIpc) is 2.99. The maximum absolute atomic E-state index is 12.5. The van der Waals surface area contributed by atoms with E-state index in [-0.39, 0.29) is 16.9 Å². The molecular weight excluding hydrogens is 634 g/mol. The fraction of sp³-hybridized carbons (Fsp3) is 0.355. The van der Waals surface area contributed by atoms with Crippen LogP contribution in [0.4, 0.5) is 17.3 Å². The van der Waals surface area contributed by atoms with E-state index in [1.807, 2.05) is 19.9 Å². The molecule has 3 aromatic heterocycles. The van der Waals surface area contributed by atoms with Gasteiger partial charge in [-0.1, -0.05) is 0 Å². The number of pyridine rings is 3. The first-order valence-corrected chi connectivity index (χ1v) is 16.3. The second-order valence-corrected chi connectivity index (χ2v) is 13.3. The van der Waals surface area contributed by atoms with Crippen molar-refractivity contribution in [1.29, 1.82) is 0 Å². The number of amides is 1. The van der Waals surface area contributed by atoms with E-state index in [1.54, 1.807) is 30.5 Å². The van der Waals surface area contributed by atoms with Gasteiger partial charge in [0.15, 0.2) is 20.6 Å². The molecule has 1 saturated heterocycles. The Morgan fingerprint density at radius 1 is 1.00 bits per heavy atom. The number of nitrogens with zero attached hydrogens (tertiary/aromatic N) is 3. The van der Waals surface area contributed by atoms with Crippen LogP contribution in [0.25, 0.3) is 11.3 Å². The Labute approximate surface area is 270 Å². The number of fused-ring (bicyclic) bond motifs is 1. The molecule has 15 nitrogen and oxygen atoms in total. The molecule has 1 amide bonds. The molecule has 16 heteroatoms. The third-order valence-electron chi connectivity index (χ3n) is 6.78. The molecule has 1 fully saturated rings. The molecule has 3 aromatic rings. The van der Waals surface area contributed by atoms with Crippen LogP contribution in [0.1, 0.15) is 45.1 Å². The van der Waals surface area contributed by atoms with Gasteiger partial charge in [0, 0.05) is 56.4 Å². The average molecular weight is 670 g/mol. The molecule has 0 aromatic carbocycles. The summed E-state index contributed by atoms with van der Waals surface area (Å²) in [4.78, 5) is 44.2. The number of anilines is 3. The summed E-state index contributed by atoms with van der Waals surface area (Å²) in [7, 11) is -3.58. The van der Waals surface area contributed by atoms with Crippen LogP contribution in [0.15, 0.2) is 53.7 Å². The summed E-state index contributed by atoms with van der Waals surface area (Å²) < 4.78 is 42.3. The van der Waals surface area contributed by atoms with E-state index in [0.29, 0.717) is 72.2 Å². The van der Waals surface area contributed by atoms with Crippen LogP contribution in [0.3, 0.4) is 0 Å². The highest BCUT2D eigenvalue weighted by Gasteiger charge is 2.29. The van der Waals surface area contributed by atoms with E-state index >= 15 is 0 Å². The highest BCUT2D eigenvalue weighted by molar-refractivity contribution is 7.90. The highest BCUT2D eigenvalue weighted by atomic mass is 32.2. The van der Waals surface area contributed by atoms with Crippen molar-refractivity contribution in [3.05, 3.63) is 54.2 Å². The van der Waals surface area contributed by atoms with E-state index in [2.05, 4.69) is 25.6 Å². The Kier molecular flexibility index (Phi) is 10.8. The first-order valence-electron chi connectivity index (χ1n) is 14.4. The topological polar surface area (TPSA) is 216 Å². The van der Waals surface area contributed by atoms with Crippen molar-refractivity contribution in [1.82, 2.24) is 15.0 Å². The summed E-state index contributed by atoms with van der Waals surface area (Å²) in [5.41, 5.74) is 2.07. The molecule has 0 unspecified atom stereocenters. The van der Waals surface area contributed by atoms with Gasteiger partial charge in [-0.05, 0) is 62.4 Å². The van der Waals surface area contributed by atoms with Crippen molar-refractivity contribution < 1.29 is 47.2 Å². The minimum Gasteiger partial charge on any atom is -0.479 e. The van der Waals surface area contributed by atoms with E-state index in [9.17, 15) is 22.8 Å². The number of carbonyl (C=O) groups is 3. The second kappa shape index (κ2) is 14.6. The molecule has 2 aliphatic heterocycles. The first-order chi connectivity index (χ1) is 22.1. The van der Waals surface area contributed by atoms with Crippen LogP contribution in [0, 0.1) is 0 Å².